The minimum absolute atomic E-state index is 0.158. The second-order valence-electron chi connectivity index (χ2n) is 5.74. The van der Waals surface area contributed by atoms with Crippen molar-refractivity contribution in [3.8, 4) is 23.1 Å². The third-order valence-electron chi connectivity index (χ3n) is 3.81. The van der Waals surface area contributed by atoms with E-state index in [1.165, 1.54) is 16.8 Å². The van der Waals surface area contributed by atoms with Gasteiger partial charge in [0.2, 0.25) is 11.7 Å². The SMILES string of the molecule is CCC(C(=O)O)n1nnnc1-c1ccc(OCCOc2cc(F)ccc2Br)nn1. The number of hydrogen-bond donors (Lipinski definition) is 1. The Kier molecular flexibility index (Phi) is 6.65. The Labute approximate surface area is 172 Å². The van der Waals surface area contributed by atoms with E-state index in [2.05, 4.69) is 41.7 Å². The molecule has 0 spiro atoms. The lowest BCUT2D eigenvalue weighted by atomic mass is 10.2. The van der Waals surface area contributed by atoms with Crippen molar-refractivity contribution in [2.45, 2.75) is 19.4 Å². The first-order valence-electron chi connectivity index (χ1n) is 8.55. The molecule has 1 N–H and O–H groups in total. The first-order chi connectivity index (χ1) is 14.0. The van der Waals surface area contributed by atoms with Crippen molar-refractivity contribution in [1.29, 1.82) is 0 Å². The maximum Gasteiger partial charge on any atom is 0.328 e. The van der Waals surface area contributed by atoms with E-state index in [-0.39, 0.29) is 24.9 Å². The topological polar surface area (TPSA) is 125 Å². The van der Waals surface area contributed by atoms with Crippen LogP contribution in [0.25, 0.3) is 11.5 Å². The van der Waals surface area contributed by atoms with Crippen LogP contribution in [0.15, 0.2) is 34.8 Å². The normalized spacial score (nSPS) is 11.8. The molecule has 1 aromatic carbocycles. The molecule has 3 aromatic rings. The predicted molar refractivity (Wildman–Crippen MR) is 101 cm³/mol. The molecule has 0 aliphatic heterocycles. The van der Waals surface area contributed by atoms with Crippen molar-refractivity contribution in [2.24, 2.45) is 0 Å². The Bertz CT molecular complexity index is 984. The highest BCUT2D eigenvalue weighted by Gasteiger charge is 2.24. The molecule has 10 nitrogen and oxygen atoms in total. The first-order valence-corrected chi connectivity index (χ1v) is 9.34. The molecule has 2 aromatic heterocycles. The molecular weight excluding hydrogens is 451 g/mol. The highest BCUT2D eigenvalue weighted by molar-refractivity contribution is 9.10. The summed E-state index contributed by atoms with van der Waals surface area (Å²) in [4.78, 5) is 11.3. The van der Waals surface area contributed by atoms with E-state index in [1.54, 1.807) is 25.1 Å². The van der Waals surface area contributed by atoms with Gasteiger partial charge in [0.25, 0.3) is 0 Å². The summed E-state index contributed by atoms with van der Waals surface area (Å²) in [6, 6.07) is 6.36. The van der Waals surface area contributed by atoms with Crippen LogP contribution >= 0.6 is 15.9 Å². The molecule has 0 aliphatic carbocycles. The predicted octanol–water partition coefficient (Wildman–Crippen LogP) is 2.53. The van der Waals surface area contributed by atoms with Crippen molar-refractivity contribution in [3.05, 3.63) is 40.6 Å². The van der Waals surface area contributed by atoms with E-state index in [1.807, 2.05) is 0 Å². The largest absolute Gasteiger partial charge is 0.489 e. The fourth-order valence-corrected chi connectivity index (χ4v) is 2.79. The third-order valence-corrected chi connectivity index (χ3v) is 4.47. The second-order valence-corrected chi connectivity index (χ2v) is 6.59. The molecule has 0 saturated carbocycles. The van der Waals surface area contributed by atoms with Gasteiger partial charge in [-0.3, -0.25) is 0 Å². The number of ether oxygens (including phenoxy) is 2. The molecule has 152 valence electrons. The summed E-state index contributed by atoms with van der Waals surface area (Å²) in [5.41, 5.74) is 0.307. The molecule has 0 aliphatic rings. The van der Waals surface area contributed by atoms with Crippen LogP contribution < -0.4 is 9.47 Å². The van der Waals surface area contributed by atoms with Gasteiger partial charge in [0.05, 0.1) is 4.47 Å². The van der Waals surface area contributed by atoms with Gasteiger partial charge in [-0.05, 0) is 51.0 Å². The van der Waals surface area contributed by atoms with Gasteiger partial charge in [-0.2, -0.15) is 0 Å². The van der Waals surface area contributed by atoms with Crippen LogP contribution in [0.1, 0.15) is 19.4 Å². The number of nitrogens with zero attached hydrogens (tertiary/aromatic N) is 6. The van der Waals surface area contributed by atoms with Gasteiger partial charge in [-0.1, -0.05) is 6.92 Å². The van der Waals surface area contributed by atoms with Crippen LogP contribution in [-0.2, 0) is 4.79 Å². The average Bonchev–Trinajstić information content (AvgIpc) is 3.18. The number of carboxylic acids is 1. The lowest BCUT2D eigenvalue weighted by molar-refractivity contribution is -0.141. The Morgan fingerprint density at radius 3 is 2.69 bits per heavy atom. The fraction of sp³-hybridized carbons (Fsp3) is 0.294. The summed E-state index contributed by atoms with van der Waals surface area (Å²) in [5.74, 6) is -0.650. The number of aliphatic carboxylic acids is 1. The average molecular weight is 467 g/mol. The lowest BCUT2D eigenvalue weighted by Gasteiger charge is -2.11. The lowest BCUT2D eigenvalue weighted by Crippen LogP contribution is -2.20. The van der Waals surface area contributed by atoms with Gasteiger partial charge in [0.1, 0.15) is 30.5 Å². The minimum atomic E-state index is -1.04. The molecule has 0 fully saturated rings. The van der Waals surface area contributed by atoms with E-state index in [0.29, 0.717) is 22.3 Å². The van der Waals surface area contributed by atoms with E-state index >= 15 is 0 Å². The van der Waals surface area contributed by atoms with Crippen molar-refractivity contribution in [2.75, 3.05) is 13.2 Å². The van der Waals surface area contributed by atoms with E-state index < -0.39 is 17.8 Å². The number of carboxylic acid groups (broad SMARTS) is 1. The summed E-state index contributed by atoms with van der Waals surface area (Å²) < 4.78 is 25.9. The Hall–Kier alpha value is -3.15. The third kappa shape index (κ3) is 5.02. The minimum Gasteiger partial charge on any atom is -0.489 e. The maximum absolute atomic E-state index is 13.2. The summed E-state index contributed by atoms with van der Waals surface area (Å²) >= 11 is 3.27. The van der Waals surface area contributed by atoms with Gasteiger partial charge < -0.3 is 14.6 Å². The van der Waals surface area contributed by atoms with Crippen LogP contribution in [0, 0.1) is 5.82 Å². The molecule has 0 bridgehead atoms. The molecule has 1 atom stereocenters. The van der Waals surface area contributed by atoms with Crippen molar-refractivity contribution in [1.82, 2.24) is 30.4 Å². The highest BCUT2D eigenvalue weighted by Crippen LogP contribution is 2.25. The molecule has 1 unspecified atom stereocenters. The summed E-state index contributed by atoms with van der Waals surface area (Å²) in [6.07, 6.45) is 0.309. The van der Waals surface area contributed by atoms with Crippen molar-refractivity contribution >= 4 is 21.9 Å². The van der Waals surface area contributed by atoms with Crippen LogP contribution in [0.2, 0.25) is 0 Å². The molecule has 0 saturated heterocycles. The number of benzene rings is 1. The fourth-order valence-electron chi connectivity index (χ4n) is 2.43. The zero-order valence-electron chi connectivity index (χ0n) is 15.2. The molecule has 0 amide bonds. The molecular formula is C17H16BrFN6O4. The Morgan fingerprint density at radius 1 is 1.21 bits per heavy atom. The number of halogens is 2. The van der Waals surface area contributed by atoms with Crippen LogP contribution in [-0.4, -0.2) is 54.7 Å². The van der Waals surface area contributed by atoms with Gasteiger partial charge in [-0.25, -0.2) is 13.9 Å². The zero-order valence-corrected chi connectivity index (χ0v) is 16.8. The summed E-state index contributed by atoms with van der Waals surface area (Å²) in [6.45, 7) is 2.05. The smallest absolute Gasteiger partial charge is 0.328 e. The van der Waals surface area contributed by atoms with E-state index in [4.69, 9.17) is 9.47 Å². The standard InChI is InChI=1S/C17H16BrFN6O4/c1-2-13(17(26)27)25-16(22-23-24-25)12-5-6-15(21-20-12)29-8-7-28-14-9-10(19)3-4-11(14)18/h3-6,9,13H,2,7-8H2,1H3,(H,26,27). The highest BCUT2D eigenvalue weighted by atomic mass is 79.9. The molecule has 3 rings (SSSR count). The summed E-state index contributed by atoms with van der Waals surface area (Å²) in [7, 11) is 0. The first kappa shape index (κ1) is 20.6. The quantitative estimate of drug-likeness (QED) is 0.473. The Balaban J connectivity index is 1.59. The maximum atomic E-state index is 13.2. The van der Waals surface area contributed by atoms with E-state index in [0.717, 1.165) is 0 Å². The molecule has 2 heterocycles. The van der Waals surface area contributed by atoms with Crippen LogP contribution in [0.5, 0.6) is 11.6 Å². The van der Waals surface area contributed by atoms with Crippen LogP contribution in [0.4, 0.5) is 4.39 Å². The molecule has 0 radical (unpaired) electrons. The van der Waals surface area contributed by atoms with Crippen molar-refractivity contribution < 1.29 is 23.8 Å². The molecule has 29 heavy (non-hydrogen) atoms. The number of aromatic nitrogens is 6. The number of carbonyl (C=O) groups is 1. The number of tetrazole rings is 1. The second kappa shape index (κ2) is 9.37. The van der Waals surface area contributed by atoms with Crippen molar-refractivity contribution in [3.63, 3.8) is 0 Å². The Morgan fingerprint density at radius 2 is 2.00 bits per heavy atom. The van der Waals surface area contributed by atoms with E-state index in [9.17, 15) is 14.3 Å². The number of rotatable bonds is 9. The van der Waals surface area contributed by atoms with Crippen LogP contribution in [0.3, 0.4) is 0 Å². The monoisotopic (exact) mass is 466 g/mol. The van der Waals surface area contributed by atoms with Gasteiger partial charge in [0, 0.05) is 12.1 Å². The molecule has 12 heteroatoms. The zero-order chi connectivity index (χ0) is 20.8. The summed E-state index contributed by atoms with van der Waals surface area (Å²) in [5, 5.41) is 28.3. The van der Waals surface area contributed by atoms with Gasteiger partial charge in [0.15, 0.2) is 6.04 Å². The van der Waals surface area contributed by atoms with Gasteiger partial charge in [-0.15, -0.1) is 15.3 Å². The van der Waals surface area contributed by atoms with Gasteiger partial charge >= 0.3 is 5.97 Å². The number of hydrogen-bond acceptors (Lipinski definition) is 8.